The molecule has 0 saturated carbocycles. The maximum Gasteiger partial charge on any atom is 0.310 e. The van der Waals surface area contributed by atoms with Crippen LogP contribution in [0.5, 0.6) is 0 Å². The van der Waals surface area contributed by atoms with Gasteiger partial charge in [-0.25, -0.2) is 4.98 Å². The Morgan fingerprint density at radius 3 is 2.75 bits per heavy atom. The Kier molecular flexibility index (Phi) is 4.47. The Morgan fingerprint density at radius 1 is 1.14 bits per heavy atom. The van der Waals surface area contributed by atoms with Gasteiger partial charge in [0.2, 0.25) is 0 Å². The lowest BCUT2D eigenvalue weighted by molar-refractivity contribution is -0.144. The number of hydrogen-bond acceptors (Lipinski definition) is 5. The van der Waals surface area contributed by atoms with Gasteiger partial charge >= 0.3 is 5.97 Å². The maximum atomic E-state index is 12.3. The molecule has 142 valence electrons. The van der Waals surface area contributed by atoms with Crippen LogP contribution in [0.15, 0.2) is 52.0 Å². The number of nitrogens with zero attached hydrogens (tertiary/aromatic N) is 2. The number of hydrogen-bond donors (Lipinski definition) is 0. The van der Waals surface area contributed by atoms with E-state index in [1.807, 2.05) is 39.0 Å². The number of carbonyl (C=O) groups is 1. The molecular formula is C22H20N2O4. The smallest absolute Gasteiger partial charge is 0.310 e. The van der Waals surface area contributed by atoms with Crippen molar-refractivity contribution in [1.82, 2.24) is 9.38 Å². The highest BCUT2D eigenvalue weighted by Crippen LogP contribution is 2.25. The Hall–Kier alpha value is -3.41. The van der Waals surface area contributed by atoms with Gasteiger partial charge < -0.3 is 9.15 Å². The van der Waals surface area contributed by atoms with Crippen LogP contribution < -0.4 is 5.56 Å². The Labute approximate surface area is 161 Å². The molecular weight excluding hydrogens is 356 g/mol. The molecule has 0 amide bonds. The minimum absolute atomic E-state index is 0.0492. The van der Waals surface area contributed by atoms with Gasteiger partial charge in [0, 0.05) is 23.2 Å². The minimum Gasteiger partial charge on any atom is -0.464 e. The fourth-order valence-electron chi connectivity index (χ4n) is 3.17. The van der Waals surface area contributed by atoms with Crippen LogP contribution >= 0.6 is 0 Å². The first-order valence-corrected chi connectivity index (χ1v) is 9.02. The molecule has 4 aromatic rings. The molecule has 0 bridgehead atoms. The molecule has 0 saturated heterocycles. The first kappa shape index (κ1) is 18.0. The molecule has 1 aromatic carbocycles. The Balaban J connectivity index is 1.49. The second-order valence-corrected chi connectivity index (χ2v) is 7.05. The van der Waals surface area contributed by atoms with E-state index >= 15 is 0 Å². The van der Waals surface area contributed by atoms with Crippen LogP contribution in [0, 0.1) is 20.8 Å². The molecule has 0 aliphatic carbocycles. The molecule has 4 rings (SSSR count). The second kappa shape index (κ2) is 6.96. The van der Waals surface area contributed by atoms with Crippen LogP contribution in [0.4, 0.5) is 0 Å². The van der Waals surface area contributed by atoms with E-state index in [-0.39, 0.29) is 18.6 Å². The summed E-state index contributed by atoms with van der Waals surface area (Å²) < 4.78 is 12.4. The predicted molar refractivity (Wildman–Crippen MR) is 105 cm³/mol. The summed E-state index contributed by atoms with van der Waals surface area (Å²) in [6.07, 6.45) is 3.42. The molecule has 0 spiro atoms. The number of esters is 1. The third-order valence-corrected chi connectivity index (χ3v) is 4.85. The number of rotatable bonds is 4. The molecule has 6 nitrogen and oxygen atoms in total. The normalized spacial score (nSPS) is 11.2. The van der Waals surface area contributed by atoms with Crippen LogP contribution in [-0.2, 0) is 22.6 Å². The average molecular weight is 376 g/mol. The minimum atomic E-state index is -0.396. The van der Waals surface area contributed by atoms with Crippen molar-refractivity contribution in [2.75, 3.05) is 0 Å². The van der Waals surface area contributed by atoms with E-state index in [0.29, 0.717) is 11.3 Å². The van der Waals surface area contributed by atoms with Crippen molar-refractivity contribution in [3.8, 4) is 0 Å². The van der Waals surface area contributed by atoms with Crippen LogP contribution in [0.25, 0.3) is 16.6 Å². The fraction of sp³-hybridized carbons (Fsp3) is 0.227. The van der Waals surface area contributed by atoms with Crippen molar-refractivity contribution in [2.45, 2.75) is 33.8 Å². The van der Waals surface area contributed by atoms with E-state index in [9.17, 15) is 9.59 Å². The van der Waals surface area contributed by atoms with Crippen LogP contribution in [-0.4, -0.2) is 15.4 Å². The summed E-state index contributed by atoms with van der Waals surface area (Å²) in [7, 11) is 0. The van der Waals surface area contributed by atoms with E-state index in [4.69, 9.17) is 9.15 Å². The van der Waals surface area contributed by atoms with Crippen LogP contribution in [0.2, 0.25) is 0 Å². The quantitative estimate of drug-likeness (QED) is 0.508. The number of aromatic nitrogens is 2. The first-order valence-electron chi connectivity index (χ1n) is 9.02. The maximum absolute atomic E-state index is 12.3. The van der Waals surface area contributed by atoms with E-state index in [2.05, 4.69) is 4.98 Å². The highest BCUT2D eigenvalue weighted by atomic mass is 16.5. The van der Waals surface area contributed by atoms with Crippen LogP contribution in [0.1, 0.15) is 27.9 Å². The van der Waals surface area contributed by atoms with Crippen molar-refractivity contribution in [3.63, 3.8) is 0 Å². The second-order valence-electron chi connectivity index (χ2n) is 7.05. The monoisotopic (exact) mass is 376 g/mol. The van der Waals surface area contributed by atoms with Gasteiger partial charge in [-0.3, -0.25) is 14.0 Å². The average Bonchev–Trinajstić information content (AvgIpc) is 3.02. The highest BCUT2D eigenvalue weighted by Gasteiger charge is 2.13. The zero-order valence-corrected chi connectivity index (χ0v) is 16.0. The van der Waals surface area contributed by atoms with E-state index in [0.717, 1.165) is 33.2 Å². The summed E-state index contributed by atoms with van der Waals surface area (Å²) in [4.78, 5) is 28.9. The van der Waals surface area contributed by atoms with Crippen molar-refractivity contribution in [3.05, 3.63) is 81.1 Å². The van der Waals surface area contributed by atoms with Gasteiger partial charge in [0.25, 0.3) is 5.56 Å². The molecule has 28 heavy (non-hydrogen) atoms. The van der Waals surface area contributed by atoms with Crippen LogP contribution in [0.3, 0.4) is 0 Å². The molecule has 0 N–H and O–H groups in total. The van der Waals surface area contributed by atoms with E-state index in [1.165, 1.54) is 10.5 Å². The molecule has 0 radical (unpaired) electrons. The van der Waals surface area contributed by atoms with Gasteiger partial charge in [0.05, 0.1) is 18.4 Å². The topological polar surface area (TPSA) is 73.8 Å². The van der Waals surface area contributed by atoms with Gasteiger partial charge in [-0.2, -0.15) is 0 Å². The van der Waals surface area contributed by atoms with E-state index in [1.54, 1.807) is 18.5 Å². The number of pyridine rings is 1. The zero-order valence-electron chi connectivity index (χ0n) is 16.0. The summed E-state index contributed by atoms with van der Waals surface area (Å²) >= 11 is 0. The van der Waals surface area contributed by atoms with E-state index < -0.39 is 5.97 Å². The molecule has 0 unspecified atom stereocenters. The van der Waals surface area contributed by atoms with Gasteiger partial charge in [0.1, 0.15) is 17.8 Å². The molecule has 3 aromatic heterocycles. The lowest BCUT2D eigenvalue weighted by Gasteiger charge is -2.06. The Morgan fingerprint density at radius 2 is 1.93 bits per heavy atom. The summed E-state index contributed by atoms with van der Waals surface area (Å²) in [5, 5.41) is 0.914. The number of benzene rings is 1. The molecule has 0 fully saturated rings. The van der Waals surface area contributed by atoms with Gasteiger partial charge in [-0.1, -0.05) is 6.07 Å². The molecule has 3 heterocycles. The van der Waals surface area contributed by atoms with Gasteiger partial charge in [-0.05, 0) is 55.7 Å². The van der Waals surface area contributed by atoms with Crippen molar-refractivity contribution in [2.24, 2.45) is 0 Å². The number of ether oxygens (including phenoxy) is 1. The Bertz CT molecular complexity index is 1270. The third kappa shape index (κ3) is 3.41. The lowest BCUT2D eigenvalue weighted by atomic mass is 10.0. The fourth-order valence-corrected chi connectivity index (χ4v) is 3.17. The highest BCUT2D eigenvalue weighted by molar-refractivity contribution is 5.86. The summed E-state index contributed by atoms with van der Waals surface area (Å²) in [5.41, 5.74) is 5.52. The molecule has 6 heteroatoms. The van der Waals surface area contributed by atoms with Gasteiger partial charge in [0.15, 0.2) is 0 Å². The van der Waals surface area contributed by atoms with Crippen molar-refractivity contribution < 1.29 is 13.9 Å². The number of carbonyl (C=O) groups excluding carboxylic acids is 1. The largest absolute Gasteiger partial charge is 0.464 e. The molecule has 0 aliphatic rings. The number of furan rings is 1. The summed E-state index contributed by atoms with van der Waals surface area (Å²) in [6.45, 7) is 5.90. The SMILES string of the molecule is Cc1ccc2nc(COC(=O)Cc3coc4cc(C)c(C)cc34)cc(=O)n2c1. The lowest BCUT2D eigenvalue weighted by Crippen LogP contribution is -2.17. The summed E-state index contributed by atoms with van der Waals surface area (Å²) in [6, 6.07) is 9.02. The summed E-state index contributed by atoms with van der Waals surface area (Å²) in [5.74, 6) is -0.396. The molecule has 0 atom stereocenters. The van der Waals surface area contributed by atoms with Crippen molar-refractivity contribution in [1.29, 1.82) is 0 Å². The van der Waals surface area contributed by atoms with Gasteiger partial charge in [-0.15, -0.1) is 0 Å². The number of fused-ring (bicyclic) bond motifs is 2. The zero-order chi connectivity index (χ0) is 19.8. The molecule has 0 aliphatic heterocycles. The standard InChI is InChI=1S/C22H20N2O4/c1-13-4-5-20-23-17(9-21(25)24(20)10-13)12-28-22(26)8-16-11-27-19-7-15(3)14(2)6-18(16)19/h4-7,9-11H,8,12H2,1-3H3. The number of aryl methyl sites for hydroxylation is 3. The predicted octanol–water partition coefficient (Wildman–Crippen LogP) is 3.65. The first-order chi connectivity index (χ1) is 13.4. The third-order valence-electron chi connectivity index (χ3n) is 4.85. The van der Waals surface area contributed by atoms with Crippen molar-refractivity contribution >= 4 is 22.6 Å².